The summed E-state index contributed by atoms with van der Waals surface area (Å²) in [5.74, 6) is 1.03. The smallest absolute Gasteiger partial charge is 0.228 e. The molecule has 0 bridgehead atoms. The second kappa shape index (κ2) is 7.62. The van der Waals surface area contributed by atoms with Gasteiger partial charge in [-0.15, -0.1) is 0 Å². The van der Waals surface area contributed by atoms with E-state index in [1.54, 1.807) is 0 Å². The van der Waals surface area contributed by atoms with E-state index >= 15 is 0 Å². The van der Waals surface area contributed by atoms with Gasteiger partial charge in [-0.2, -0.15) is 0 Å². The summed E-state index contributed by atoms with van der Waals surface area (Å²) in [6.07, 6.45) is 10.8. The van der Waals surface area contributed by atoms with Crippen molar-refractivity contribution in [2.75, 3.05) is 20.1 Å². The molecule has 3 nitrogen and oxygen atoms in total. The predicted octanol–water partition coefficient (Wildman–Crippen LogP) is 3.58. The number of rotatable bonds is 6. The van der Waals surface area contributed by atoms with Gasteiger partial charge in [-0.25, -0.2) is 0 Å². The van der Waals surface area contributed by atoms with E-state index in [0.29, 0.717) is 17.9 Å². The first kappa shape index (κ1) is 16.8. The summed E-state index contributed by atoms with van der Waals surface area (Å²) in [5.41, 5.74) is -0.0388. The Morgan fingerprint density at radius 3 is 2.52 bits per heavy atom. The maximum atomic E-state index is 13.0. The Morgan fingerprint density at radius 1 is 1.24 bits per heavy atom. The Hall–Kier alpha value is -0.570. The summed E-state index contributed by atoms with van der Waals surface area (Å²) in [5, 5.41) is 3.59. The van der Waals surface area contributed by atoms with Crippen molar-refractivity contribution in [3.8, 4) is 0 Å². The van der Waals surface area contributed by atoms with Gasteiger partial charge in [0.2, 0.25) is 5.91 Å². The molecule has 0 aromatic rings. The van der Waals surface area contributed by atoms with E-state index in [2.05, 4.69) is 19.2 Å². The van der Waals surface area contributed by atoms with Gasteiger partial charge in [0, 0.05) is 25.0 Å². The first-order valence-electron chi connectivity index (χ1n) is 9.02. The van der Waals surface area contributed by atoms with Crippen LogP contribution in [0.2, 0.25) is 0 Å². The molecule has 1 aliphatic carbocycles. The van der Waals surface area contributed by atoms with Crippen molar-refractivity contribution < 1.29 is 4.79 Å². The highest BCUT2D eigenvalue weighted by Crippen LogP contribution is 2.44. The molecule has 0 radical (unpaired) electrons. The molecule has 0 aromatic carbocycles. The highest BCUT2D eigenvalue weighted by Gasteiger charge is 2.42. The van der Waals surface area contributed by atoms with Gasteiger partial charge in [-0.1, -0.05) is 33.1 Å². The molecule has 1 saturated carbocycles. The van der Waals surface area contributed by atoms with E-state index in [4.69, 9.17) is 0 Å². The zero-order valence-electron chi connectivity index (χ0n) is 14.3. The molecule has 1 amide bonds. The lowest BCUT2D eigenvalue weighted by atomic mass is 9.77. The molecule has 1 heterocycles. The summed E-state index contributed by atoms with van der Waals surface area (Å²) in [7, 11) is 2.02. The number of amides is 1. The molecule has 1 unspecified atom stereocenters. The quantitative estimate of drug-likeness (QED) is 0.812. The summed E-state index contributed by atoms with van der Waals surface area (Å²) in [6.45, 7) is 6.56. The molecule has 122 valence electrons. The molecule has 0 spiro atoms. The van der Waals surface area contributed by atoms with E-state index in [1.807, 2.05) is 11.9 Å². The van der Waals surface area contributed by atoms with Gasteiger partial charge in [0.25, 0.3) is 0 Å². The molecule has 21 heavy (non-hydrogen) atoms. The first-order chi connectivity index (χ1) is 10.0. The van der Waals surface area contributed by atoms with Crippen molar-refractivity contribution in [1.29, 1.82) is 0 Å². The van der Waals surface area contributed by atoms with Crippen LogP contribution in [0.4, 0.5) is 0 Å². The predicted molar refractivity (Wildman–Crippen MR) is 88.3 cm³/mol. The summed E-state index contributed by atoms with van der Waals surface area (Å²) in [6, 6.07) is 0.624. The van der Waals surface area contributed by atoms with Gasteiger partial charge >= 0.3 is 0 Å². The second-order valence-corrected chi connectivity index (χ2v) is 7.75. The summed E-state index contributed by atoms with van der Waals surface area (Å²) in [4.78, 5) is 15.0. The van der Waals surface area contributed by atoms with Crippen molar-refractivity contribution >= 4 is 5.91 Å². The fourth-order valence-electron chi connectivity index (χ4n) is 4.36. The minimum atomic E-state index is -0.0388. The number of hydrogen-bond acceptors (Lipinski definition) is 2. The van der Waals surface area contributed by atoms with Gasteiger partial charge in [-0.3, -0.25) is 4.79 Å². The largest absolute Gasteiger partial charge is 0.345 e. The number of carbonyl (C=O) groups is 1. The van der Waals surface area contributed by atoms with Crippen LogP contribution in [0.15, 0.2) is 0 Å². The number of hydrogen-bond donors (Lipinski definition) is 1. The zero-order chi connectivity index (χ0) is 15.3. The lowest BCUT2D eigenvalue weighted by Crippen LogP contribution is -2.44. The normalized spacial score (nSPS) is 25.2. The van der Waals surface area contributed by atoms with Crippen LogP contribution in [-0.2, 0) is 4.79 Å². The van der Waals surface area contributed by atoms with Crippen LogP contribution in [0, 0.1) is 11.3 Å². The lowest BCUT2D eigenvalue weighted by molar-refractivity contribution is -0.141. The second-order valence-electron chi connectivity index (χ2n) is 7.75. The monoisotopic (exact) mass is 294 g/mol. The Bertz CT molecular complexity index is 328. The Morgan fingerprint density at radius 2 is 1.95 bits per heavy atom. The van der Waals surface area contributed by atoms with Gasteiger partial charge in [0.15, 0.2) is 0 Å². The SMILES string of the molecule is CC(C)CC1(C(=O)N(C)CCC2CCCCN2)CCCC1. The lowest BCUT2D eigenvalue weighted by Gasteiger charge is -2.35. The molecule has 0 aromatic heterocycles. The number of piperidine rings is 1. The van der Waals surface area contributed by atoms with Crippen LogP contribution in [0.3, 0.4) is 0 Å². The molecule has 1 atom stereocenters. The van der Waals surface area contributed by atoms with Crippen LogP contribution in [0.25, 0.3) is 0 Å². The first-order valence-corrected chi connectivity index (χ1v) is 9.02. The topological polar surface area (TPSA) is 32.3 Å². The number of carbonyl (C=O) groups excluding carboxylic acids is 1. The van der Waals surface area contributed by atoms with E-state index in [-0.39, 0.29) is 5.41 Å². The third kappa shape index (κ3) is 4.45. The minimum absolute atomic E-state index is 0.0388. The fourth-order valence-corrected chi connectivity index (χ4v) is 4.36. The van der Waals surface area contributed by atoms with Gasteiger partial charge < -0.3 is 10.2 Å². The van der Waals surface area contributed by atoms with E-state index < -0.39 is 0 Å². The van der Waals surface area contributed by atoms with E-state index in [0.717, 1.165) is 38.8 Å². The standard InChI is InChI=1S/C18H34N2O/c1-15(2)14-18(10-5-6-11-18)17(21)20(3)13-9-16-8-4-7-12-19-16/h15-16,19H,4-14H2,1-3H3. The van der Waals surface area contributed by atoms with Gasteiger partial charge in [0.1, 0.15) is 0 Å². The molecule has 3 heteroatoms. The van der Waals surface area contributed by atoms with Crippen molar-refractivity contribution in [3.05, 3.63) is 0 Å². The highest BCUT2D eigenvalue weighted by atomic mass is 16.2. The van der Waals surface area contributed by atoms with Crippen LogP contribution in [0.5, 0.6) is 0 Å². The third-order valence-corrected chi connectivity index (χ3v) is 5.39. The molecule has 1 aliphatic heterocycles. The average molecular weight is 294 g/mol. The zero-order valence-corrected chi connectivity index (χ0v) is 14.3. The van der Waals surface area contributed by atoms with Crippen molar-refractivity contribution in [3.63, 3.8) is 0 Å². The van der Waals surface area contributed by atoms with Crippen LogP contribution >= 0.6 is 0 Å². The average Bonchev–Trinajstić information content (AvgIpc) is 2.94. The maximum Gasteiger partial charge on any atom is 0.228 e. The minimum Gasteiger partial charge on any atom is -0.345 e. The van der Waals surface area contributed by atoms with Gasteiger partial charge in [-0.05, 0) is 51.0 Å². The van der Waals surface area contributed by atoms with Crippen LogP contribution in [-0.4, -0.2) is 37.0 Å². The Kier molecular flexibility index (Phi) is 6.09. The molecule has 1 saturated heterocycles. The molecule has 2 aliphatic rings. The molecule has 2 rings (SSSR count). The Balaban J connectivity index is 1.87. The number of nitrogens with zero attached hydrogens (tertiary/aromatic N) is 1. The highest BCUT2D eigenvalue weighted by molar-refractivity contribution is 5.82. The van der Waals surface area contributed by atoms with Crippen LogP contribution < -0.4 is 5.32 Å². The van der Waals surface area contributed by atoms with Crippen LogP contribution in [0.1, 0.15) is 71.6 Å². The van der Waals surface area contributed by atoms with Crippen molar-refractivity contribution in [1.82, 2.24) is 10.2 Å². The Labute approximate surface area is 130 Å². The molecule has 2 fully saturated rings. The summed E-state index contributed by atoms with van der Waals surface area (Å²) >= 11 is 0. The molecular weight excluding hydrogens is 260 g/mol. The molecular formula is C18H34N2O. The van der Waals surface area contributed by atoms with Gasteiger partial charge in [0.05, 0.1) is 0 Å². The van der Waals surface area contributed by atoms with E-state index in [9.17, 15) is 4.79 Å². The van der Waals surface area contributed by atoms with Crippen molar-refractivity contribution in [2.45, 2.75) is 77.7 Å². The van der Waals surface area contributed by atoms with Crippen molar-refractivity contribution in [2.24, 2.45) is 11.3 Å². The number of nitrogens with one attached hydrogen (secondary N) is 1. The fraction of sp³-hybridized carbons (Fsp3) is 0.944. The van der Waals surface area contributed by atoms with E-state index in [1.165, 1.54) is 32.1 Å². The molecule has 1 N–H and O–H groups in total. The maximum absolute atomic E-state index is 13.0. The summed E-state index contributed by atoms with van der Waals surface area (Å²) < 4.78 is 0. The third-order valence-electron chi connectivity index (χ3n) is 5.39.